The molecule has 8 heteroatoms. The van der Waals surface area contributed by atoms with Crippen LogP contribution < -0.4 is 4.72 Å². The molecule has 0 saturated carbocycles. The van der Waals surface area contributed by atoms with Gasteiger partial charge < -0.3 is 0 Å². The summed E-state index contributed by atoms with van der Waals surface area (Å²) in [5.74, 6) is -0.0201. The van der Waals surface area contributed by atoms with Gasteiger partial charge in [0.1, 0.15) is 5.01 Å². The molecule has 0 saturated heterocycles. The highest BCUT2D eigenvalue weighted by Crippen LogP contribution is 2.28. The van der Waals surface area contributed by atoms with Crippen LogP contribution in [0.2, 0.25) is 0 Å². The first kappa shape index (κ1) is 15.9. The summed E-state index contributed by atoms with van der Waals surface area (Å²) in [4.78, 5) is 5.05. The lowest BCUT2D eigenvalue weighted by Crippen LogP contribution is -2.18. The summed E-state index contributed by atoms with van der Waals surface area (Å²) in [6.45, 7) is 7.59. The zero-order valence-corrected chi connectivity index (χ0v) is 15.0. The van der Waals surface area contributed by atoms with Gasteiger partial charge in [0.2, 0.25) is 9.99 Å². The van der Waals surface area contributed by atoms with Crippen molar-refractivity contribution in [3.05, 3.63) is 40.5 Å². The first-order chi connectivity index (χ1) is 10.8. The Hall–Kier alpha value is -1.93. The molecule has 0 radical (unpaired) electrons. The van der Waals surface area contributed by atoms with Gasteiger partial charge >= 0.3 is 0 Å². The number of fused-ring (bicyclic) bond motifs is 1. The minimum absolute atomic E-state index is 0.0201. The molecule has 3 rings (SSSR count). The van der Waals surface area contributed by atoms with Crippen LogP contribution in [-0.2, 0) is 10.0 Å². The Morgan fingerprint density at radius 3 is 2.65 bits per heavy atom. The number of hydrogen-bond donors (Lipinski definition) is 1. The van der Waals surface area contributed by atoms with Crippen LogP contribution in [0.5, 0.6) is 0 Å². The largest absolute Gasteiger partial charge is 0.281 e. The Balaban J connectivity index is 2.15. The molecule has 0 fully saturated rings. The zero-order chi connectivity index (χ0) is 16.8. The number of aryl methyl sites for hydroxylation is 2. The molecule has 0 bridgehead atoms. The molecule has 0 aliphatic carbocycles. The van der Waals surface area contributed by atoms with Gasteiger partial charge in [0.15, 0.2) is 0 Å². The minimum Gasteiger partial charge on any atom is -0.278 e. The van der Waals surface area contributed by atoms with Crippen molar-refractivity contribution in [1.29, 1.82) is 0 Å². The van der Waals surface area contributed by atoms with Gasteiger partial charge in [-0.2, -0.15) is 18.0 Å². The molecule has 1 N–H and O–H groups in total. The van der Waals surface area contributed by atoms with E-state index in [-0.39, 0.29) is 10.9 Å². The van der Waals surface area contributed by atoms with Gasteiger partial charge in [-0.3, -0.25) is 4.72 Å². The standard InChI is InChI=1S/C15H18N4O2S2/c1-9(2)13-14(19-15(16-13)22-11(4)17-19)23(20,21)18-12-7-5-6-10(3)8-12/h5-9,18H,1-4H3. The van der Waals surface area contributed by atoms with Crippen LogP contribution in [0.4, 0.5) is 5.69 Å². The van der Waals surface area contributed by atoms with E-state index in [4.69, 9.17) is 0 Å². The molecule has 0 aliphatic rings. The molecular formula is C15H18N4O2S2. The summed E-state index contributed by atoms with van der Waals surface area (Å²) in [6.07, 6.45) is 0. The molecule has 23 heavy (non-hydrogen) atoms. The van der Waals surface area contributed by atoms with E-state index in [9.17, 15) is 8.42 Å². The van der Waals surface area contributed by atoms with Crippen LogP contribution in [0.1, 0.15) is 36.0 Å². The van der Waals surface area contributed by atoms with Gasteiger partial charge in [-0.1, -0.05) is 37.3 Å². The Bertz CT molecular complexity index is 971. The number of anilines is 1. The Kier molecular flexibility index (Phi) is 3.89. The number of rotatable bonds is 4. The van der Waals surface area contributed by atoms with Gasteiger partial charge in [0, 0.05) is 5.69 Å². The quantitative estimate of drug-likeness (QED) is 0.783. The van der Waals surface area contributed by atoms with Crippen LogP contribution in [0, 0.1) is 13.8 Å². The maximum absolute atomic E-state index is 12.9. The van der Waals surface area contributed by atoms with E-state index in [0.29, 0.717) is 16.3 Å². The van der Waals surface area contributed by atoms with Crippen molar-refractivity contribution in [2.45, 2.75) is 38.6 Å². The molecule has 2 heterocycles. The topological polar surface area (TPSA) is 76.4 Å². The number of aromatic nitrogens is 3. The van der Waals surface area contributed by atoms with Crippen molar-refractivity contribution >= 4 is 32.0 Å². The van der Waals surface area contributed by atoms with Gasteiger partial charge in [-0.15, -0.1) is 0 Å². The first-order valence-electron chi connectivity index (χ1n) is 7.23. The molecule has 0 atom stereocenters. The first-order valence-corrected chi connectivity index (χ1v) is 9.53. The predicted octanol–water partition coefficient (Wildman–Crippen LogP) is 3.33. The van der Waals surface area contributed by atoms with E-state index in [1.54, 1.807) is 12.1 Å². The Morgan fingerprint density at radius 1 is 1.26 bits per heavy atom. The molecule has 0 unspecified atom stereocenters. The second-order valence-corrected chi connectivity index (χ2v) is 8.51. The minimum atomic E-state index is -3.78. The van der Waals surface area contributed by atoms with Gasteiger partial charge in [-0.05, 0) is 37.5 Å². The highest BCUT2D eigenvalue weighted by molar-refractivity contribution is 7.92. The molecule has 0 amide bonds. The number of sulfonamides is 1. The third-order valence-electron chi connectivity index (χ3n) is 3.36. The fraction of sp³-hybridized carbons (Fsp3) is 0.333. The summed E-state index contributed by atoms with van der Waals surface area (Å²) in [5.41, 5.74) is 2.04. The third-order valence-corrected chi connectivity index (χ3v) is 5.58. The highest BCUT2D eigenvalue weighted by atomic mass is 32.2. The Morgan fingerprint density at radius 2 is 2.00 bits per heavy atom. The summed E-state index contributed by atoms with van der Waals surface area (Å²) in [6, 6.07) is 7.24. The van der Waals surface area contributed by atoms with Crippen LogP contribution in [-0.4, -0.2) is 23.0 Å². The second-order valence-electron chi connectivity index (χ2n) is 5.75. The lowest BCUT2D eigenvalue weighted by atomic mass is 10.2. The molecule has 0 aliphatic heterocycles. The molecule has 0 spiro atoms. The molecule has 3 aromatic rings. The third kappa shape index (κ3) is 2.96. The normalized spacial score (nSPS) is 12.2. The Labute approximate surface area is 139 Å². The van der Waals surface area contributed by atoms with Crippen molar-refractivity contribution in [3.63, 3.8) is 0 Å². The highest BCUT2D eigenvalue weighted by Gasteiger charge is 2.28. The van der Waals surface area contributed by atoms with Gasteiger partial charge in [0.25, 0.3) is 10.0 Å². The number of hydrogen-bond acceptors (Lipinski definition) is 5. The summed E-state index contributed by atoms with van der Waals surface area (Å²) in [7, 11) is -3.78. The van der Waals surface area contributed by atoms with Crippen molar-refractivity contribution in [3.8, 4) is 0 Å². The predicted molar refractivity (Wildman–Crippen MR) is 91.7 cm³/mol. The lowest BCUT2D eigenvalue weighted by molar-refractivity contribution is 0.589. The molecule has 1 aromatic carbocycles. The van der Waals surface area contributed by atoms with E-state index in [1.165, 1.54) is 15.9 Å². The fourth-order valence-electron chi connectivity index (χ4n) is 2.38. The van der Waals surface area contributed by atoms with Crippen molar-refractivity contribution in [2.75, 3.05) is 4.72 Å². The van der Waals surface area contributed by atoms with Crippen LogP contribution in [0.3, 0.4) is 0 Å². The van der Waals surface area contributed by atoms with Gasteiger partial charge in [-0.25, -0.2) is 4.98 Å². The molecule has 2 aromatic heterocycles. The number of imidazole rings is 1. The van der Waals surface area contributed by atoms with Crippen molar-refractivity contribution < 1.29 is 8.42 Å². The summed E-state index contributed by atoms with van der Waals surface area (Å²) >= 11 is 1.38. The van der Waals surface area contributed by atoms with Crippen LogP contribution >= 0.6 is 11.3 Å². The molecule has 122 valence electrons. The number of benzene rings is 1. The van der Waals surface area contributed by atoms with Crippen LogP contribution in [0.25, 0.3) is 4.96 Å². The van der Waals surface area contributed by atoms with E-state index in [1.807, 2.05) is 39.8 Å². The zero-order valence-electron chi connectivity index (χ0n) is 13.4. The van der Waals surface area contributed by atoms with E-state index in [0.717, 1.165) is 10.6 Å². The smallest absolute Gasteiger partial charge is 0.278 e. The average Bonchev–Trinajstić information content (AvgIpc) is 2.93. The molecule has 6 nitrogen and oxygen atoms in total. The van der Waals surface area contributed by atoms with Gasteiger partial charge in [0.05, 0.1) is 5.69 Å². The second kappa shape index (κ2) is 5.61. The monoisotopic (exact) mass is 350 g/mol. The van der Waals surface area contributed by atoms with E-state index in [2.05, 4.69) is 14.8 Å². The maximum atomic E-state index is 12.9. The summed E-state index contributed by atoms with van der Waals surface area (Å²) in [5, 5.41) is 5.19. The van der Waals surface area contributed by atoms with Crippen molar-refractivity contribution in [2.24, 2.45) is 0 Å². The van der Waals surface area contributed by atoms with E-state index < -0.39 is 10.0 Å². The fourth-order valence-corrected chi connectivity index (χ4v) is 4.63. The van der Waals surface area contributed by atoms with E-state index >= 15 is 0 Å². The molecular weight excluding hydrogens is 332 g/mol. The summed E-state index contributed by atoms with van der Waals surface area (Å²) < 4.78 is 29.9. The number of nitrogens with zero attached hydrogens (tertiary/aromatic N) is 3. The SMILES string of the molecule is Cc1cccc(NS(=O)(=O)c2c(C(C)C)nc3sc(C)nn23)c1. The average molecular weight is 350 g/mol. The lowest BCUT2D eigenvalue weighted by Gasteiger charge is -2.10. The number of nitrogens with one attached hydrogen (secondary N) is 1. The van der Waals surface area contributed by atoms with Crippen molar-refractivity contribution in [1.82, 2.24) is 14.6 Å². The maximum Gasteiger partial charge on any atom is 0.281 e. The van der Waals surface area contributed by atoms with Crippen LogP contribution in [0.15, 0.2) is 29.3 Å².